The number of benzene rings is 1. The van der Waals surface area contributed by atoms with Crippen LogP contribution in [0.5, 0.6) is 0 Å². The topological polar surface area (TPSA) is 89.8 Å². The molecule has 1 aliphatic carbocycles. The number of hydrogen-bond donors (Lipinski definition) is 1. The van der Waals surface area contributed by atoms with Crippen molar-refractivity contribution < 1.29 is 12.8 Å². The first kappa shape index (κ1) is 20.9. The van der Waals surface area contributed by atoms with Crippen molar-refractivity contribution in [2.24, 2.45) is 0 Å². The molecule has 4 rings (SSSR count). The number of sulfonamides is 1. The van der Waals surface area contributed by atoms with Crippen LogP contribution in [-0.4, -0.2) is 34.2 Å². The van der Waals surface area contributed by atoms with Crippen molar-refractivity contribution in [3.05, 3.63) is 65.6 Å². The van der Waals surface area contributed by atoms with Gasteiger partial charge in [-0.25, -0.2) is 27.5 Å². The Labute approximate surface area is 179 Å². The van der Waals surface area contributed by atoms with Crippen LogP contribution in [0.25, 0.3) is 11.3 Å². The van der Waals surface area contributed by atoms with Gasteiger partial charge in [0.2, 0.25) is 10.0 Å². The minimum absolute atomic E-state index is 0.106. The van der Waals surface area contributed by atoms with Gasteiger partial charge in [0.1, 0.15) is 12.1 Å². The molecule has 0 unspecified atom stereocenters. The van der Waals surface area contributed by atoms with Crippen LogP contribution in [0.15, 0.2) is 49.2 Å². The van der Waals surface area contributed by atoms with Gasteiger partial charge in [0.25, 0.3) is 0 Å². The van der Waals surface area contributed by atoms with Gasteiger partial charge in [0.15, 0.2) is 0 Å². The van der Waals surface area contributed by atoms with E-state index in [4.69, 9.17) is 11.6 Å². The second-order valence-electron chi connectivity index (χ2n) is 7.42. The molecule has 1 saturated carbocycles. The zero-order valence-electron chi connectivity index (χ0n) is 16.1. The summed E-state index contributed by atoms with van der Waals surface area (Å²) in [6, 6.07) is 5.88. The molecule has 7 nitrogen and oxygen atoms in total. The molecule has 0 amide bonds. The maximum atomic E-state index is 13.9. The van der Waals surface area contributed by atoms with Crippen molar-refractivity contribution in [3.63, 3.8) is 0 Å². The smallest absolute Gasteiger partial charge is 0.216 e. The fraction of sp³-hybridized carbons (Fsp3) is 0.350. The molecule has 0 atom stereocenters. The van der Waals surface area contributed by atoms with Gasteiger partial charge < -0.3 is 0 Å². The molecule has 10 heteroatoms. The molecule has 0 spiro atoms. The third-order valence-corrected chi connectivity index (χ3v) is 6.88. The lowest BCUT2D eigenvalue weighted by Crippen LogP contribution is -2.38. The molecular weight excluding hydrogens is 429 g/mol. The van der Waals surface area contributed by atoms with Crippen molar-refractivity contribution in [2.75, 3.05) is 0 Å². The summed E-state index contributed by atoms with van der Waals surface area (Å²) < 4.78 is 43.5. The maximum Gasteiger partial charge on any atom is 0.216 e. The van der Waals surface area contributed by atoms with E-state index in [1.165, 1.54) is 18.5 Å². The Bertz CT molecular complexity index is 1120. The molecule has 30 heavy (non-hydrogen) atoms. The van der Waals surface area contributed by atoms with Crippen molar-refractivity contribution in [3.8, 4) is 11.3 Å². The molecule has 158 valence electrons. The molecule has 2 aromatic heterocycles. The highest BCUT2D eigenvalue weighted by atomic mass is 35.5. The van der Waals surface area contributed by atoms with Crippen molar-refractivity contribution in [1.29, 1.82) is 0 Å². The first-order chi connectivity index (χ1) is 14.4. The van der Waals surface area contributed by atoms with Crippen LogP contribution in [0, 0.1) is 5.82 Å². The van der Waals surface area contributed by atoms with Gasteiger partial charge in [0, 0.05) is 34.6 Å². The number of aromatic nitrogens is 4. The largest absolute Gasteiger partial charge is 0.269 e. The Morgan fingerprint density at radius 2 is 2.00 bits per heavy atom. The van der Waals surface area contributed by atoms with Gasteiger partial charge in [-0.05, 0) is 43.9 Å². The molecule has 0 bridgehead atoms. The van der Waals surface area contributed by atoms with Gasteiger partial charge in [0.05, 0.1) is 23.7 Å². The summed E-state index contributed by atoms with van der Waals surface area (Å²) in [4.78, 5) is 8.15. The van der Waals surface area contributed by atoms with Crippen molar-refractivity contribution in [1.82, 2.24) is 24.5 Å². The molecule has 3 aromatic rings. The third-order valence-electron chi connectivity index (χ3n) is 5.26. The van der Waals surface area contributed by atoms with E-state index >= 15 is 0 Å². The van der Waals surface area contributed by atoms with Gasteiger partial charge in [-0.1, -0.05) is 17.7 Å². The minimum atomic E-state index is -3.65. The Kier molecular flexibility index (Phi) is 6.12. The third kappa shape index (κ3) is 5.03. The van der Waals surface area contributed by atoms with E-state index in [0.29, 0.717) is 12.8 Å². The Balaban J connectivity index is 1.34. The lowest BCUT2D eigenvalue weighted by atomic mass is 9.92. The summed E-state index contributed by atoms with van der Waals surface area (Å²) in [5.41, 5.74) is 1.84. The van der Waals surface area contributed by atoms with Crippen molar-refractivity contribution in [2.45, 2.75) is 43.5 Å². The predicted octanol–water partition coefficient (Wildman–Crippen LogP) is 3.74. The fourth-order valence-electron chi connectivity index (χ4n) is 3.73. The highest BCUT2D eigenvalue weighted by molar-refractivity contribution is 7.88. The maximum absolute atomic E-state index is 13.9. The average molecular weight is 450 g/mol. The van der Waals surface area contributed by atoms with Crippen LogP contribution in [0.2, 0.25) is 5.02 Å². The standard InChI is InChI=1S/C20H21ClFN5O2S/c21-16-2-1-14(19(22)9-16)12-30(28,29)26-17-3-5-18(6-4-17)27-11-15(10-25-27)20-7-8-23-13-24-20/h1-2,7-11,13,17-18,26H,3-6,12H2. The Morgan fingerprint density at radius 1 is 1.20 bits per heavy atom. The number of nitrogens with zero attached hydrogens (tertiary/aromatic N) is 4. The fourth-order valence-corrected chi connectivity index (χ4v) is 5.36. The van der Waals surface area contributed by atoms with E-state index in [2.05, 4.69) is 19.8 Å². The average Bonchev–Trinajstić information content (AvgIpc) is 3.21. The summed E-state index contributed by atoms with van der Waals surface area (Å²) in [6.07, 6.45) is 9.90. The molecule has 0 radical (unpaired) electrons. The summed E-state index contributed by atoms with van der Waals surface area (Å²) >= 11 is 5.73. The van der Waals surface area contributed by atoms with Crippen LogP contribution in [-0.2, 0) is 15.8 Å². The normalized spacial score (nSPS) is 19.7. The monoisotopic (exact) mass is 449 g/mol. The van der Waals surface area contributed by atoms with Crippen LogP contribution in [0.4, 0.5) is 4.39 Å². The molecule has 0 saturated heterocycles. The second-order valence-corrected chi connectivity index (χ2v) is 9.61. The molecule has 1 N–H and O–H groups in total. The highest BCUT2D eigenvalue weighted by Gasteiger charge is 2.27. The number of nitrogens with one attached hydrogen (secondary N) is 1. The molecule has 0 aliphatic heterocycles. The molecule has 2 heterocycles. The van der Waals surface area contributed by atoms with E-state index in [0.717, 1.165) is 30.2 Å². The molecule has 1 fully saturated rings. The van der Waals surface area contributed by atoms with E-state index in [-0.39, 0.29) is 22.7 Å². The first-order valence-electron chi connectivity index (χ1n) is 9.64. The number of halogens is 2. The summed E-state index contributed by atoms with van der Waals surface area (Å²) in [5.74, 6) is -1.02. The van der Waals surface area contributed by atoms with Gasteiger partial charge in [-0.15, -0.1) is 0 Å². The lowest BCUT2D eigenvalue weighted by Gasteiger charge is -2.29. The second kappa shape index (κ2) is 8.79. The van der Waals surface area contributed by atoms with Crippen LogP contribution in [0.1, 0.15) is 37.3 Å². The van der Waals surface area contributed by atoms with Crippen LogP contribution >= 0.6 is 11.6 Å². The van der Waals surface area contributed by atoms with E-state index < -0.39 is 21.6 Å². The van der Waals surface area contributed by atoms with Gasteiger partial charge in [-0.3, -0.25) is 4.68 Å². The lowest BCUT2D eigenvalue weighted by molar-refractivity contribution is 0.293. The number of hydrogen-bond acceptors (Lipinski definition) is 5. The number of rotatable bonds is 6. The van der Waals surface area contributed by atoms with Crippen molar-refractivity contribution >= 4 is 21.6 Å². The van der Waals surface area contributed by atoms with Gasteiger partial charge in [-0.2, -0.15) is 5.10 Å². The summed E-state index contributed by atoms with van der Waals surface area (Å²) in [5, 5.41) is 4.69. The quantitative estimate of drug-likeness (QED) is 0.619. The molecular formula is C20H21ClFN5O2S. The van der Waals surface area contributed by atoms with E-state index in [9.17, 15) is 12.8 Å². The Hall–Kier alpha value is -2.36. The summed E-state index contributed by atoms with van der Waals surface area (Å²) in [6.45, 7) is 0. The molecule has 1 aliphatic rings. The molecule has 1 aromatic carbocycles. The highest BCUT2D eigenvalue weighted by Crippen LogP contribution is 2.30. The van der Waals surface area contributed by atoms with E-state index in [1.807, 2.05) is 16.9 Å². The first-order valence-corrected chi connectivity index (χ1v) is 11.7. The minimum Gasteiger partial charge on any atom is -0.269 e. The van der Waals surface area contributed by atoms with Crippen LogP contribution in [0.3, 0.4) is 0 Å². The zero-order valence-corrected chi connectivity index (χ0v) is 17.7. The summed E-state index contributed by atoms with van der Waals surface area (Å²) in [7, 11) is -3.65. The zero-order chi connectivity index (χ0) is 21.1. The SMILES string of the molecule is O=S(=O)(Cc1ccc(Cl)cc1F)NC1CCC(n2cc(-c3ccncn3)cn2)CC1. The Morgan fingerprint density at radius 3 is 2.70 bits per heavy atom. The van der Waals surface area contributed by atoms with E-state index in [1.54, 1.807) is 12.4 Å². The van der Waals surface area contributed by atoms with Crippen LogP contribution < -0.4 is 4.72 Å². The predicted molar refractivity (Wildman–Crippen MR) is 112 cm³/mol. The van der Waals surface area contributed by atoms with Gasteiger partial charge >= 0.3 is 0 Å².